The van der Waals surface area contributed by atoms with Crippen LogP contribution in [0.4, 0.5) is 0 Å². The highest BCUT2D eigenvalue weighted by Crippen LogP contribution is 2.12. The smallest absolute Gasteiger partial charge is 0.276 e. The minimum atomic E-state index is -0.473. The summed E-state index contributed by atoms with van der Waals surface area (Å²) in [5, 5.41) is 0.532. The van der Waals surface area contributed by atoms with E-state index in [0.29, 0.717) is 22.5 Å². The molecule has 0 bridgehead atoms. The van der Waals surface area contributed by atoms with E-state index in [2.05, 4.69) is 22.8 Å². The van der Waals surface area contributed by atoms with Crippen molar-refractivity contribution in [3.63, 3.8) is 0 Å². The molecular weight excluding hydrogens is 384 g/mol. The van der Waals surface area contributed by atoms with Crippen molar-refractivity contribution in [3.8, 4) is 5.75 Å². The number of aryl methyl sites for hydroxylation is 2. The predicted octanol–water partition coefficient (Wildman–Crippen LogP) is 1.65. The molecule has 2 amide bonds. The fourth-order valence-electron chi connectivity index (χ4n) is 2.92. The van der Waals surface area contributed by atoms with Gasteiger partial charge in [-0.25, -0.2) is 4.98 Å². The van der Waals surface area contributed by atoms with Gasteiger partial charge in [-0.05, 0) is 36.2 Å². The number of hydrazine groups is 1. The highest BCUT2D eigenvalue weighted by molar-refractivity contribution is 5.83. The molecule has 0 aliphatic heterocycles. The van der Waals surface area contributed by atoms with Gasteiger partial charge in [0.25, 0.3) is 11.5 Å². The summed E-state index contributed by atoms with van der Waals surface area (Å²) in [7, 11) is 1.63. The maximum atomic E-state index is 12.4. The molecule has 8 nitrogen and oxygen atoms in total. The first-order valence-corrected chi connectivity index (χ1v) is 9.72. The molecule has 8 heteroatoms. The maximum absolute atomic E-state index is 12.4. The minimum absolute atomic E-state index is 0.0677. The molecular formula is C22H24N4O4. The fourth-order valence-corrected chi connectivity index (χ4v) is 2.92. The third kappa shape index (κ3) is 5.22. The minimum Gasteiger partial charge on any atom is -0.484 e. The SMILES string of the molecule is CCc1ccc(OCC(=O)NNC(=O)CCc2nc3ccccc3c(=O)n2C)cc1. The van der Waals surface area contributed by atoms with Crippen molar-refractivity contribution < 1.29 is 14.3 Å². The highest BCUT2D eigenvalue weighted by Gasteiger charge is 2.11. The van der Waals surface area contributed by atoms with Crippen LogP contribution in [0.2, 0.25) is 0 Å². The molecule has 2 aromatic carbocycles. The van der Waals surface area contributed by atoms with Crippen LogP contribution >= 0.6 is 0 Å². The van der Waals surface area contributed by atoms with E-state index in [-0.39, 0.29) is 25.0 Å². The normalized spacial score (nSPS) is 10.6. The molecule has 0 saturated carbocycles. The van der Waals surface area contributed by atoms with E-state index in [1.807, 2.05) is 12.1 Å². The number of carbonyl (C=O) groups is 2. The van der Waals surface area contributed by atoms with Gasteiger partial charge in [-0.3, -0.25) is 29.8 Å². The Hall–Kier alpha value is -3.68. The summed E-state index contributed by atoms with van der Waals surface area (Å²) < 4.78 is 6.82. The van der Waals surface area contributed by atoms with Crippen molar-refractivity contribution in [2.24, 2.45) is 7.05 Å². The Morgan fingerprint density at radius 1 is 1.03 bits per heavy atom. The predicted molar refractivity (Wildman–Crippen MR) is 113 cm³/mol. The first-order valence-electron chi connectivity index (χ1n) is 9.72. The second-order valence-electron chi connectivity index (χ2n) is 6.79. The van der Waals surface area contributed by atoms with Crippen molar-refractivity contribution in [1.82, 2.24) is 20.4 Å². The molecule has 1 heterocycles. The van der Waals surface area contributed by atoms with Gasteiger partial charge < -0.3 is 4.74 Å². The number of benzene rings is 2. The Kier molecular flexibility index (Phi) is 6.79. The van der Waals surface area contributed by atoms with Crippen LogP contribution in [0.15, 0.2) is 53.3 Å². The van der Waals surface area contributed by atoms with E-state index < -0.39 is 11.8 Å². The van der Waals surface area contributed by atoms with Gasteiger partial charge in [-0.2, -0.15) is 0 Å². The zero-order chi connectivity index (χ0) is 21.5. The van der Waals surface area contributed by atoms with Crippen LogP contribution in [0.3, 0.4) is 0 Å². The number of nitrogens with one attached hydrogen (secondary N) is 2. The van der Waals surface area contributed by atoms with Gasteiger partial charge in [-0.1, -0.05) is 31.2 Å². The molecule has 3 rings (SSSR count). The number of nitrogens with zero attached hydrogens (tertiary/aromatic N) is 2. The van der Waals surface area contributed by atoms with E-state index in [0.717, 1.165) is 6.42 Å². The lowest BCUT2D eigenvalue weighted by molar-refractivity contribution is -0.130. The van der Waals surface area contributed by atoms with Crippen molar-refractivity contribution in [2.45, 2.75) is 26.2 Å². The maximum Gasteiger partial charge on any atom is 0.276 e. The van der Waals surface area contributed by atoms with Crippen molar-refractivity contribution in [2.75, 3.05) is 6.61 Å². The Balaban J connectivity index is 1.46. The summed E-state index contributed by atoms with van der Waals surface area (Å²) in [6, 6.07) is 14.5. The number of rotatable bonds is 7. The number of hydrogen-bond acceptors (Lipinski definition) is 5. The lowest BCUT2D eigenvalue weighted by Crippen LogP contribution is -2.44. The van der Waals surface area contributed by atoms with Gasteiger partial charge in [-0.15, -0.1) is 0 Å². The summed E-state index contributed by atoms with van der Waals surface area (Å²) in [5.41, 5.74) is 6.27. The van der Waals surface area contributed by atoms with E-state index in [4.69, 9.17) is 4.74 Å². The molecule has 0 fully saturated rings. The van der Waals surface area contributed by atoms with Crippen LogP contribution in [0, 0.1) is 0 Å². The van der Waals surface area contributed by atoms with Crippen LogP contribution in [0.25, 0.3) is 10.9 Å². The molecule has 0 aliphatic carbocycles. The molecule has 30 heavy (non-hydrogen) atoms. The second kappa shape index (κ2) is 9.69. The number of para-hydroxylation sites is 1. The number of fused-ring (bicyclic) bond motifs is 1. The summed E-state index contributed by atoms with van der Waals surface area (Å²) in [5.74, 6) is 0.216. The molecule has 0 unspecified atom stereocenters. The van der Waals surface area contributed by atoms with E-state index >= 15 is 0 Å². The molecule has 0 atom stereocenters. The zero-order valence-electron chi connectivity index (χ0n) is 17.0. The second-order valence-corrected chi connectivity index (χ2v) is 6.79. The van der Waals surface area contributed by atoms with Crippen LogP contribution in [0.5, 0.6) is 5.75 Å². The zero-order valence-corrected chi connectivity index (χ0v) is 17.0. The van der Waals surface area contributed by atoms with E-state index in [1.165, 1.54) is 10.1 Å². The molecule has 1 aromatic heterocycles. The number of ether oxygens (including phenoxy) is 1. The van der Waals surface area contributed by atoms with E-state index in [1.54, 1.807) is 43.4 Å². The molecule has 3 aromatic rings. The Morgan fingerprint density at radius 2 is 1.73 bits per heavy atom. The van der Waals surface area contributed by atoms with Crippen molar-refractivity contribution in [1.29, 1.82) is 0 Å². The molecule has 0 spiro atoms. The summed E-state index contributed by atoms with van der Waals surface area (Å²) >= 11 is 0. The largest absolute Gasteiger partial charge is 0.484 e. The van der Waals surface area contributed by atoms with E-state index in [9.17, 15) is 14.4 Å². The topological polar surface area (TPSA) is 102 Å². The average Bonchev–Trinajstić information content (AvgIpc) is 2.78. The number of amides is 2. The Bertz CT molecular complexity index is 1110. The van der Waals surface area contributed by atoms with Gasteiger partial charge in [0.2, 0.25) is 5.91 Å². The molecule has 2 N–H and O–H groups in total. The van der Waals surface area contributed by atoms with Crippen molar-refractivity contribution >= 4 is 22.7 Å². The van der Waals surface area contributed by atoms with Crippen LogP contribution in [0.1, 0.15) is 24.7 Å². The fraction of sp³-hybridized carbons (Fsp3) is 0.273. The monoisotopic (exact) mass is 408 g/mol. The number of carbonyl (C=O) groups excluding carboxylic acids is 2. The summed E-state index contributed by atoms with van der Waals surface area (Å²) in [4.78, 5) is 40.7. The third-order valence-electron chi connectivity index (χ3n) is 4.69. The Morgan fingerprint density at radius 3 is 2.47 bits per heavy atom. The third-order valence-corrected chi connectivity index (χ3v) is 4.69. The summed E-state index contributed by atoms with van der Waals surface area (Å²) in [6.07, 6.45) is 1.26. The molecule has 156 valence electrons. The first kappa shape index (κ1) is 21.0. The highest BCUT2D eigenvalue weighted by atomic mass is 16.5. The van der Waals surface area contributed by atoms with Gasteiger partial charge in [0, 0.05) is 19.9 Å². The lowest BCUT2D eigenvalue weighted by Gasteiger charge is -2.11. The summed E-state index contributed by atoms with van der Waals surface area (Å²) in [6.45, 7) is 1.84. The molecule has 0 aliphatic rings. The van der Waals surface area contributed by atoms with Gasteiger partial charge in [0.1, 0.15) is 11.6 Å². The first-order chi connectivity index (χ1) is 14.5. The number of hydrogen-bond donors (Lipinski definition) is 2. The van der Waals surface area contributed by atoms with Gasteiger partial charge in [0.05, 0.1) is 10.9 Å². The lowest BCUT2D eigenvalue weighted by atomic mass is 10.2. The standard InChI is InChI=1S/C22H24N4O4/c1-3-15-8-10-16(11-9-15)30-14-21(28)25-24-20(27)13-12-19-23-18-7-5-4-6-17(18)22(29)26(19)2/h4-11H,3,12-14H2,1-2H3,(H,24,27)(H,25,28). The number of aromatic nitrogens is 2. The van der Waals surface area contributed by atoms with Crippen molar-refractivity contribution in [3.05, 3.63) is 70.3 Å². The molecule has 0 radical (unpaired) electrons. The Labute approximate surface area is 173 Å². The van der Waals surface area contributed by atoms with Crippen LogP contribution in [-0.2, 0) is 29.5 Å². The van der Waals surface area contributed by atoms with Gasteiger partial charge in [0.15, 0.2) is 6.61 Å². The van der Waals surface area contributed by atoms with Gasteiger partial charge >= 0.3 is 0 Å². The van der Waals surface area contributed by atoms with Crippen LogP contribution < -0.4 is 21.1 Å². The van der Waals surface area contributed by atoms with Crippen LogP contribution in [-0.4, -0.2) is 28.0 Å². The quantitative estimate of drug-likeness (QED) is 0.579. The molecule has 0 saturated heterocycles. The average molecular weight is 408 g/mol.